The number of unbranched alkanes of at least 4 members (excludes halogenated alkanes) is 2. The van der Waals surface area contributed by atoms with E-state index in [0.717, 1.165) is 25.9 Å². The van der Waals surface area contributed by atoms with Crippen LogP contribution in [0.5, 0.6) is 5.75 Å². The summed E-state index contributed by atoms with van der Waals surface area (Å²) < 4.78 is 11.5. The second kappa shape index (κ2) is 10.4. The summed E-state index contributed by atoms with van der Waals surface area (Å²) in [5, 5.41) is 10.7. The molecule has 2 atom stereocenters. The van der Waals surface area contributed by atoms with Gasteiger partial charge in [0, 0.05) is 25.8 Å². The molecule has 0 amide bonds. The summed E-state index contributed by atoms with van der Waals surface area (Å²) >= 11 is 0. The van der Waals surface area contributed by atoms with Gasteiger partial charge in [0.2, 0.25) is 0 Å². The Morgan fingerprint density at radius 3 is 2.68 bits per heavy atom. The van der Waals surface area contributed by atoms with Crippen molar-refractivity contribution in [3.8, 4) is 5.75 Å². The van der Waals surface area contributed by atoms with Crippen LogP contribution in [-0.4, -0.2) is 49.3 Å². The molecule has 1 aromatic carbocycles. The fourth-order valence-corrected chi connectivity index (χ4v) is 3.41. The molecule has 140 valence electrons. The highest BCUT2D eigenvalue weighted by atomic mass is 16.6. The standard InChI is InChI=1S/C19H30N2O4/c1-3-4-5-12-20-13-10-16(19(15-20)24-2)11-14-25-18-8-6-17(7-9-18)21(22)23/h6-9,16,19H,3-5,10-15H2,1-2H3/t16-,19-/m0/s1. The second-order valence-corrected chi connectivity index (χ2v) is 6.72. The number of methoxy groups -OCH3 is 1. The second-order valence-electron chi connectivity index (χ2n) is 6.72. The average Bonchev–Trinajstić information content (AvgIpc) is 2.63. The highest BCUT2D eigenvalue weighted by Gasteiger charge is 2.28. The van der Waals surface area contributed by atoms with Crippen LogP contribution in [0.4, 0.5) is 5.69 Å². The van der Waals surface area contributed by atoms with Gasteiger partial charge in [-0.3, -0.25) is 10.1 Å². The Balaban J connectivity index is 1.73. The molecule has 0 unspecified atom stereocenters. The van der Waals surface area contributed by atoms with E-state index in [0.29, 0.717) is 18.3 Å². The number of likely N-dealkylation sites (tertiary alicyclic amines) is 1. The third kappa shape index (κ3) is 6.29. The predicted octanol–water partition coefficient (Wildman–Crippen LogP) is 3.89. The minimum absolute atomic E-state index is 0.0854. The highest BCUT2D eigenvalue weighted by molar-refractivity contribution is 5.35. The van der Waals surface area contributed by atoms with Crippen LogP contribution in [-0.2, 0) is 4.74 Å². The molecular formula is C19H30N2O4. The molecule has 1 aliphatic heterocycles. The predicted molar refractivity (Wildman–Crippen MR) is 98.1 cm³/mol. The first-order valence-corrected chi connectivity index (χ1v) is 9.26. The van der Waals surface area contributed by atoms with Gasteiger partial charge in [0.15, 0.2) is 0 Å². The van der Waals surface area contributed by atoms with Gasteiger partial charge in [-0.2, -0.15) is 0 Å². The maximum Gasteiger partial charge on any atom is 0.269 e. The molecule has 0 saturated carbocycles. The van der Waals surface area contributed by atoms with Gasteiger partial charge >= 0.3 is 0 Å². The van der Waals surface area contributed by atoms with E-state index in [2.05, 4.69) is 11.8 Å². The summed E-state index contributed by atoms with van der Waals surface area (Å²) in [6.07, 6.45) is 6.15. The molecule has 6 nitrogen and oxygen atoms in total. The van der Waals surface area contributed by atoms with Crippen molar-refractivity contribution in [1.29, 1.82) is 0 Å². The van der Waals surface area contributed by atoms with Gasteiger partial charge in [-0.25, -0.2) is 0 Å². The first-order valence-electron chi connectivity index (χ1n) is 9.26. The molecule has 1 fully saturated rings. The van der Waals surface area contributed by atoms with E-state index < -0.39 is 4.92 Å². The Hall–Kier alpha value is -1.66. The van der Waals surface area contributed by atoms with Gasteiger partial charge in [0.05, 0.1) is 17.6 Å². The zero-order chi connectivity index (χ0) is 18.1. The molecule has 6 heteroatoms. The molecule has 0 spiro atoms. The monoisotopic (exact) mass is 350 g/mol. The third-order valence-corrected chi connectivity index (χ3v) is 4.97. The summed E-state index contributed by atoms with van der Waals surface area (Å²) in [6.45, 7) is 6.14. The van der Waals surface area contributed by atoms with E-state index in [4.69, 9.17) is 9.47 Å². The minimum Gasteiger partial charge on any atom is -0.494 e. The molecule has 25 heavy (non-hydrogen) atoms. The van der Waals surface area contributed by atoms with E-state index in [1.807, 2.05) is 0 Å². The molecule has 0 aromatic heterocycles. The van der Waals surface area contributed by atoms with Gasteiger partial charge in [-0.1, -0.05) is 19.8 Å². The molecular weight excluding hydrogens is 320 g/mol. The number of hydrogen-bond donors (Lipinski definition) is 0. The number of piperidine rings is 1. The smallest absolute Gasteiger partial charge is 0.269 e. The van der Waals surface area contributed by atoms with Crippen molar-refractivity contribution in [2.24, 2.45) is 5.92 Å². The van der Waals surface area contributed by atoms with Crippen LogP contribution in [0.25, 0.3) is 0 Å². The Labute approximate surface area is 150 Å². The van der Waals surface area contributed by atoms with Crippen molar-refractivity contribution < 1.29 is 14.4 Å². The van der Waals surface area contributed by atoms with E-state index >= 15 is 0 Å². The SMILES string of the molecule is CCCCCN1CC[C@@H](CCOc2ccc([N+](=O)[O-])cc2)[C@@H](OC)C1. The number of ether oxygens (including phenoxy) is 2. The molecule has 2 rings (SSSR count). The summed E-state index contributed by atoms with van der Waals surface area (Å²) in [6, 6.07) is 6.26. The molecule has 0 aliphatic carbocycles. The van der Waals surface area contributed by atoms with Gasteiger partial charge < -0.3 is 14.4 Å². The minimum atomic E-state index is -0.402. The van der Waals surface area contributed by atoms with Gasteiger partial charge in [-0.05, 0) is 50.4 Å². The summed E-state index contributed by atoms with van der Waals surface area (Å²) in [7, 11) is 1.80. The van der Waals surface area contributed by atoms with Gasteiger partial charge in [0.25, 0.3) is 5.69 Å². The lowest BCUT2D eigenvalue weighted by Crippen LogP contribution is -2.45. The van der Waals surface area contributed by atoms with E-state index in [9.17, 15) is 10.1 Å². The van der Waals surface area contributed by atoms with Crippen molar-refractivity contribution in [2.45, 2.75) is 45.1 Å². The first-order chi connectivity index (χ1) is 12.1. The molecule has 1 aromatic rings. The van der Waals surface area contributed by atoms with Crippen LogP contribution in [0.15, 0.2) is 24.3 Å². The molecule has 0 N–H and O–H groups in total. The number of nitro benzene ring substituents is 1. The number of rotatable bonds is 10. The average molecular weight is 350 g/mol. The van der Waals surface area contributed by atoms with Gasteiger partial charge in [-0.15, -0.1) is 0 Å². The van der Waals surface area contributed by atoms with Crippen LogP contribution in [0.2, 0.25) is 0 Å². The van der Waals surface area contributed by atoms with E-state index in [1.165, 1.54) is 37.9 Å². The maximum atomic E-state index is 10.7. The normalized spacial score (nSPS) is 21.2. The van der Waals surface area contributed by atoms with E-state index in [1.54, 1.807) is 19.2 Å². The van der Waals surface area contributed by atoms with Crippen molar-refractivity contribution in [1.82, 2.24) is 4.90 Å². The number of hydrogen-bond acceptors (Lipinski definition) is 5. The molecule has 0 bridgehead atoms. The lowest BCUT2D eigenvalue weighted by atomic mass is 9.91. The lowest BCUT2D eigenvalue weighted by Gasteiger charge is -2.37. The Morgan fingerprint density at radius 2 is 2.04 bits per heavy atom. The fraction of sp³-hybridized carbons (Fsp3) is 0.684. The Morgan fingerprint density at radius 1 is 1.28 bits per heavy atom. The summed E-state index contributed by atoms with van der Waals surface area (Å²) in [5.41, 5.74) is 0.0854. The third-order valence-electron chi connectivity index (χ3n) is 4.97. The Kier molecular flexibility index (Phi) is 8.15. The molecule has 1 heterocycles. The summed E-state index contributed by atoms with van der Waals surface area (Å²) in [4.78, 5) is 12.8. The maximum absolute atomic E-state index is 10.7. The van der Waals surface area contributed by atoms with E-state index in [-0.39, 0.29) is 11.8 Å². The zero-order valence-corrected chi connectivity index (χ0v) is 15.4. The molecule has 0 radical (unpaired) electrons. The van der Waals surface area contributed by atoms with Crippen molar-refractivity contribution in [3.63, 3.8) is 0 Å². The van der Waals surface area contributed by atoms with Crippen LogP contribution in [0.1, 0.15) is 39.0 Å². The van der Waals surface area contributed by atoms with Crippen molar-refractivity contribution >= 4 is 5.69 Å². The molecule has 1 saturated heterocycles. The number of benzene rings is 1. The highest BCUT2D eigenvalue weighted by Crippen LogP contribution is 2.24. The van der Waals surface area contributed by atoms with Crippen LogP contribution < -0.4 is 4.74 Å². The number of nitro groups is 1. The largest absolute Gasteiger partial charge is 0.494 e. The number of non-ortho nitro benzene ring substituents is 1. The first kappa shape index (κ1) is 19.7. The fourth-order valence-electron chi connectivity index (χ4n) is 3.41. The number of nitrogens with zero attached hydrogens (tertiary/aromatic N) is 2. The van der Waals surface area contributed by atoms with Crippen LogP contribution >= 0.6 is 0 Å². The zero-order valence-electron chi connectivity index (χ0n) is 15.4. The quantitative estimate of drug-likeness (QED) is 0.364. The lowest BCUT2D eigenvalue weighted by molar-refractivity contribution is -0.384. The van der Waals surface area contributed by atoms with Crippen LogP contribution in [0.3, 0.4) is 0 Å². The van der Waals surface area contributed by atoms with Crippen molar-refractivity contribution in [2.75, 3.05) is 33.4 Å². The van der Waals surface area contributed by atoms with Crippen molar-refractivity contribution in [3.05, 3.63) is 34.4 Å². The van der Waals surface area contributed by atoms with Crippen LogP contribution in [0, 0.1) is 16.0 Å². The summed E-state index contributed by atoms with van der Waals surface area (Å²) in [5.74, 6) is 1.18. The molecule has 1 aliphatic rings. The Bertz CT molecular complexity index is 521. The topological polar surface area (TPSA) is 64.8 Å². The van der Waals surface area contributed by atoms with Gasteiger partial charge in [0.1, 0.15) is 5.75 Å².